The summed E-state index contributed by atoms with van der Waals surface area (Å²) in [7, 11) is 0. The first-order chi connectivity index (χ1) is 13.8. The molecule has 0 saturated carbocycles. The largest absolute Gasteiger partial charge is 0.361 e. The molecule has 3 heterocycles. The van der Waals surface area contributed by atoms with Crippen LogP contribution < -0.4 is 10.2 Å². The third-order valence-electron chi connectivity index (χ3n) is 6.05. The third kappa shape index (κ3) is 3.23. The number of aromatic nitrogens is 3. The number of H-pyrrole nitrogens is 1. The molecule has 0 radical (unpaired) electrons. The number of fused-ring (bicyclic) bond motifs is 2. The van der Waals surface area contributed by atoms with Gasteiger partial charge in [-0.3, -0.25) is 4.79 Å². The highest BCUT2D eigenvalue weighted by Gasteiger charge is 2.24. The number of nitrogens with one attached hydrogen (secondary N) is 2. The van der Waals surface area contributed by atoms with Gasteiger partial charge in [-0.2, -0.15) is 5.10 Å². The van der Waals surface area contributed by atoms with Gasteiger partial charge in [0.2, 0.25) is 0 Å². The molecule has 1 aromatic carbocycles. The Kier molecular flexibility index (Phi) is 4.47. The Labute approximate surface area is 164 Å². The second-order valence-corrected chi connectivity index (χ2v) is 7.86. The molecular formula is C22H25N5O. The molecule has 1 saturated heterocycles. The predicted molar refractivity (Wildman–Crippen MR) is 110 cm³/mol. The van der Waals surface area contributed by atoms with Crippen LogP contribution in [0.3, 0.4) is 0 Å². The summed E-state index contributed by atoms with van der Waals surface area (Å²) in [5, 5.41) is 13.1. The van der Waals surface area contributed by atoms with Gasteiger partial charge in [0.15, 0.2) is 5.82 Å². The monoisotopic (exact) mass is 375 g/mol. The number of hydrogen-bond acceptors (Lipinski definition) is 4. The highest BCUT2D eigenvalue weighted by atomic mass is 16.1. The molecule has 5 rings (SSSR count). The molecule has 0 bridgehead atoms. The topological polar surface area (TPSA) is 73.9 Å². The van der Waals surface area contributed by atoms with Gasteiger partial charge >= 0.3 is 0 Å². The van der Waals surface area contributed by atoms with Gasteiger partial charge < -0.3 is 15.2 Å². The number of amides is 1. The summed E-state index contributed by atoms with van der Waals surface area (Å²) in [6.45, 7) is 1.79. The molecule has 1 aliphatic carbocycles. The first-order valence-electron chi connectivity index (χ1n) is 10.3. The van der Waals surface area contributed by atoms with Gasteiger partial charge in [-0.25, -0.2) is 0 Å². The van der Waals surface area contributed by atoms with Crippen molar-refractivity contribution in [2.75, 3.05) is 18.0 Å². The van der Waals surface area contributed by atoms with Crippen LogP contribution in [0.1, 0.15) is 47.3 Å². The van der Waals surface area contributed by atoms with Gasteiger partial charge in [-0.1, -0.05) is 6.07 Å². The number of aromatic amines is 1. The fraction of sp³-hybridized carbons (Fsp3) is 0.409. The Bertz CT molecular complexity index is 1000. The van der Waals surface area contributed by atoms with Gasteiger partial charge in [-0.05, 0) is 68.4 Å². The van der Waals surface area contributed by atoms with Gasteiger partial charge in [-0.15, -0.1) is 5.10 Å². The van der Waals surface area contributed by atoms with Crippen molar-refractivity contribution < 1.29 is 4.79 Å². The maximum atomic E-state index is 12.8. The van der Waals surface area contributed by atoms with Crippen molar-refractivity contribution in [2.45, 2.75) is 44.6 Å². The van der Waals surface area contributed by atoms with E-state index in [-0.39, 0.29) is 11.9 Å². The van der Waals surface area contributed by atoms with Crippen molar-refractivity contribution in [3.63, 3.8) is 0 Å². The van der Waals surface area contributed by atoms with Gasteiger partial charge in [0.05, 0.1) is 5.69 Å². The number of aryl methyl sites for hydroxylation is 2. The first-order valence-corrected chi connectivity index (χ1v) is 10.3. The van der Waals surface area contributed by atoms with E-state index < -0.39 is 0 Å². The molecule has 144 valence electrons. The molecule has 2 N–H and O–H groups in total. The average molecular weight is 375 g/mol. The SMILES string of the molecule is O=C(NC1CCN(c2cc3c(nn2)CCCC3)CC1)c1cccc2[nH]ccc12. The number of rotatable bonds is 3. The van der Waals surface area contributed by atoms with E-state index in [2.05, 4.69) is 31.5 Å². The Hall–Kier alpha value is -2.89. The molecule has 0 spiro atoms. The van der Waals surface area contributed by atoms with E-state index in [1.807, 2.05) is 30.5 Å². The quantitative estimate of drug-likeness (QED) is 0.737. The van der Waals surface area contributed by atoms with E-state index in [1.54, 1.807) is 0 Å². The van der Waals surface area contributed by atoms with Crippen LogP contribution in [0.25, 0.3) is 10.9 Å². The summed E-state index contributed by atoms with van der Waals surface area (Å²) in [6, 6.07) is 10.2. The number of hydrogen-bond donors (Lipinski definition) is 2. The molecule has 2 aliphatic rings. The van der Waals surface area contributed by atoms with Gasteiger partial charge in [0, 0.05) is 41.8 Å². The summed E-state index contributed by atoms with van der Waals surface area (Å²) < 4.78 is 0. The molecule has 0 atom stereocenters. The van der Waals surface area contributed by atoms with Crippen molar-refractivity contribution >= 4 is 22.6 Å². The van der Waals surface area contributed by atoms with E-state index >= 15 is 0 Å². The molecule has 6 nitrogen and oxygen atoms in total. The maximum absolute atomic E-state index is 12.8. The van der Waals surface area contributed by atoms with Crippen LogP contribution in [0.5, 0.6) is 0 Å². The normalized spacial score (nSPS) is 17.5. The zero-order valence-corrected chi connectivity index (χ0v) is 15.9. The summed E-state index contributed by atoms with van der Waals surface area (Å²) in [5.41, 5.74) is 4.28. The number of nitrogens with zero attached hydrogens (tertiary/aromatic N) is 3. The van der Waals surface area contributed by atoms with Crippen LogP contribution in [0.2, 0.25) is 0 Å². The highest BCUT2D eigenvalue weighted by Crippen LogP contribution is 2.24. The predicted octanol–water partition coefficient (Wildman–Crippen LogP) is 3.24. The van der Waals surface area contributed by atoms with Crippen molar-refractivity contribution in [1.29, 1.82) is 0 Å². The molecule has 1 aliphatic heterocycles. The molecule has 1 amide bonds. The Morgan fingerprint density at radius 3 is 2.86 bits per heavy atom. The number of piperidine rings is 1. The molecule has 6 heteroatoms. The van der Waals surface area contributed by atoms with Crippen molar-refractivity contribution in [3.8, 4) is 0 Å². The fourth-order valence-corrected chi connectivity index (χ4v) is 4.43. The lowest BCUT2D eigenvalue weighted by Crippen LogP contribution is -2.45. The molecule has 1 fully saturated rings. The molecule has 28 heavy (non-hydrogen) atoms. The summed E-state index contributed by atoms with van der Waals surface area (Å²) in [4.78, 5) is 18.2. The first kappa shape index (κ1) is 17.2. The number of benzene rings is 1. The number of anilines is 1. The van der Waals surface area contributed by atoms with E-state index in [9.17, 15) is 4.79 Å². The van der Waals surface area contributed by atoms with Crippen molar-refractivity contribution in [2.24, 2.45) is 0 Å². The van der Waals surface area contributed by atoms with E-state index in [0.717, 1.165) is 61.1 Å². The molecular weight excluding hydrogens is 350 g/mol. The van der Waals surface area contributed by atoms with Gasteiger partial charge in [0.1, 0.15) is 0 Å². The lowest BCUT2D eigenvalue weighted by atomic mass is 9.96. The van der Waals surface area contributed by atoms with Crippen LogP contribution in [-0.2, 0) is 12.8 Å². The minimum Gasteiger partial charge on any atom is -0.361 e. The van der Waals surface area contributed by atoms with Crippen molar-refractivity contribution in [3.05, 3.63) is 53.3 Å². The fourth-order valence-electron chi connectivity index (χ4n) is 4.43. The van der Waals surface area contributed by atoms with Gasteiger partial charge in [0.25, 0.3) is 5.91 Å². The van der Waals surface area contributed by atoms with Crippen LogP contribution in [0, 0.1) is 0 Å². The average Bonchev–Trinajstić information content (AvgIpc) is 3.23. The summed E-state index contributed by atoms with van der Waals surface area (Å²) in [5.74, 6) is 1.000. The van der Waals surface area contributed by atoms with E-state index in [1.165, 1.54) is 24.1 Å². The Morgan fingerprint density at radius 1 is 1.11 bits per heavy atom. The third-order valence-corrected chi connectivity index (χ3v) is 6.05. The Morgan fingerprint density at radius 2 is 1.96 bits per heavy atom. The summed E-state index contributed by atoms with van der Waals surface area (Å²) >= 11 is 0. The van der Waals surface area contributed by atoms with Crippen LogP contribution in [-0.4, -0.2) is 40.2 Å². The molecule has 2 aromatic heterocycles. The van der Waals surface area contributed by atoms with Crippen LogP contribution in [0.4, 0.5) is 5.82 Å². The second-order valence-electron chi connectivity index (χ2n) is 7.86. The molecule has 3 aromatic rings. The minimum absolute atomic E-state index is 0.0113. The zero-order valence-electron chi connectivity index (χ0n) is 15.9. The zero-order chi connectivity index (χ0) is 18.9. The smallest absolute Gasteiger partial charge is 0.252 e. The van der Waals surface area contributed by atoms with Crippen LogP contribution >= 0.6 is 0 Å². The second kappa shape index (κ2) is 7.26. The maximum Gasteiger partial charge on any atom is 0.252 e. The van der Waals surface area contributed by atoms with Crippen molar-refractivity contribution in [1.82, 2.24) is 20.5 Å². The number of carbonyl (C=O) groups is 1. The minimum atomic E-state index is 0.0113. The lowest BCUT2D eigenvalue weighted by molar-refractivity contribution is 0.0933. The Balaban J connectivity index is 1.23. The highest BCUT2D eigenvalue weighted by molar-refractivity contribution is 6.06. The van der Waals surface area contributed by atoms with E-state index in [0.29, 0.717) is 0 Å². The molecule has 0 unspecified atom stereocenters. The lowest BCUT2D eigenvalue weighted by Gasteiger charge is -2.33. The van der Waals surface area contributed by atoms with Crippen LogP contribution in [0.15, 0.2) is 36.5 Å². The summed E-state index contributed by atoms with van der Waals surface area (Å²) in [6.07, 6.45) is 8.38. The standard InChI is InChI=1S/C22H25N5O/c28-22(18-5-3-7-20-17(18)8-11-23-20)24-16-9-12-27(13-10-16)21-14-15-4-1-2-6-19(15)25-26-21/h3,5,7-8,11,14,16,23H,1-2,4,6,9-10,12-13H2,(H,24,28). The van der Waals surface area contributed by atoms with E-state index in [4.69, 9.17) is 0 Å². The number of carbonyl (C=O) groups excluding carboxylic acids is 1.